The molecule has 1 aliphatic carbocycles. The van der Waals surface area contributed by atoms with Gasteiger partial charge in [0, 0.05) is 25.1 Å². The second-order valence-corrected chi connectivity index (χ2v) is 7.80. The normalized spacial score (nSPS) is 13.0. The van der Waals surface area contributed by atoms with E-state index in [0.29, 0.717) is 30.1 Å². The summed E-state index contributed by atoms with van der Waals surface area (Å²) in [4.78, 5) is 36.5. The molecule has 0 aliphatic heterocycles. The first-order valence-electron chi connectivity index (χ1n) is 9.39. The minimum Gasteiger partial charge on any atom is -0.385 e. The smallest absolute Gasteiger partial charge is 0.385 e. The van der Waals surface area contributed by atoms with E-state index in [4.69, 9.17) is 4.74 Å². The Morgan fingerprint density at radius 1 is 1.38 bits per heavy atom. The number of nitrogens with zero attached hydrogens (tertiary/aromatic N) is 3. The van der Waals surface area contributed by atoms with Gasteiger partial charge in [-0.25, -0.2) is 0 Å². The van der Waals surface area contributed by atoms with Crippen LogP contribution in [0.5, 0.6) is 0 Å². The summed E-state index contributed by atoms with van der Waals surface area (Å²) in [6.07, 6.45) is 5.86. The minimum atomic E-state index is -0.617. The van der Waals surface area contributed by atoms with E-state index >= 15 is 0 Å². The zero-order valence-corrected chi connectivity index (χ0v) is 16.9. The van der Waals surface area contributed by atoms with Gasteiger partial charge in [-0.3, -0.25) is 9.59 Å². The third-order valence-electron chi connectivity index (χ3n) is 4.58. The van der Waals surface area contributed by atoms with Gasteiger partial charge in [0.2, 0.25) is 5.91 Å². The Balaban J connectivity index is 1.73. The molecule has 10 nitrogen and oxygen atoms in total. The molecule has 0 radical (unpaired) electrons. The minimum absolute atomic E-state index is 0.175. The lowest BCUT2D eigenvalue weighted by Crippen LogP contribution is -2.28. The average Bonchev–Trinajstić information content (AvgIpc) is 3.29. The number of thiophene rings is 1. The predicted molar refractivity (Wildman–Crippen MR) is 107 cm³/mol. The van der Waals surface area contributed by atoms with Crippen molar-refractivity contribution >= 4 is 34.0 Å². The summed E-state index contributed by atoms with van der Waals surface area (Å²) < 4.78 is 6.20. The maximum atomic E-state index is 12.8. The van der Waals surface area contributed by atoms with Gasteiger partial charge in [-0.05, 0) is 42.6 Å². The van der Waals surface area contributed by atoms with E-state index in [1.165, 1.54) is 28.3 Å². The number of ether oxygens (including phenoxy) is 1. The molecule has 2 heterocycles. The molecule has 156 valence electrons. The van der Waals surface area contributed by atoms with Crippen molar-refractivity contribution in [1.29, 1.82) is 0 Å². The Bertz CT molecular complexity index is 907. The van der Waals surface area contributed by atoms with Crippen LogP contribution in [0.25, 0.3) is 0 Å². The van der Waals surface area contributed by atoms with E-state index in [9.17, 15) is 19.7 Å². The lowest BCUT2D eigenvalue weighted by molar-refractivity contribution is -0.389. The first-order valence-corrected chi connectivity index (χ1v) is 10.2. The molecule has 3 rings (SSSR count). The number of amides is 2. The summed E-state index contributed by atoms with van der Waals surface area (Å²) in [5.41, 5.74) is 1.54. The van der Waals surface area contributed by atoms with Crippen LogP contribution in [-0.4, -0.2) is 46.8 Å². The highest BCUT2D eigenvalue weighted by atomic mass is 32.1. The number of nitrogens with one attached hydrogen (secondary N) is 2. The molecule has 2 aromatic heterocycles. The number of rotatable bonds is 9. The third-order valence-corrected chi connectivity index (χ3v) is 5.79. The van der Waals surface area contributed by atoms with Gasteiger partial charge in [0.25, 0.3) is 5.91 Å². The summed E-state index contributed by atoms with van der Waals surface area (Å²) in [7, 11) is 1.61. The highest BCUT2D eigenvalue weighted by Crippen LogP contribution is 2.38. The molecule has 1 aliphatic rings. The number of aryl methyl sites for hydroxylation is 1. The molecule has 0 fully saturated rings. The van der Waals surface area contributed by atoms with Crippen LogP contribution in [0.3, 0.4) is 0 Å². The molecule has 0 unspecified atom stereocenters. The molecule has 0 saturated carbocycles. The van der Waals surface area contributed by atoms with E-state index in [1.807, 2.05) is 0 Å². The first-order chi connectivity index (χ1) is 14.0. The molecule has 0 saturated heterocycles. The topological polar surface area (TPSA) is 128 Å². The molecule has 0 aromatic carbocycles. The average molecular weight is 421 g/mol. The van der Waals surface area contributed by atoms with Crippen molar-refractivity contribution in [3.63, 3.8) is 0 Å². The maximum Gasteiger partial charge on any atom is 0.389 e. The van der Waals surface area contributed by atoms with Crippen molar-refractivity contribution in [3.8, 4) is 0 Å². The van der Waals surface area contributed by atoms with E-state index in [2.05, 4.69) is 15.7 Å². The quantitative estimate of drug-likeness (QED) is 0.363. The number of aromatic nitrogens is 2. The van der Waals surface area contributed by atoms with Crippen LogP contribution in [0, 0.1) is 10.1 Å². The van der Waals surface area contributed by atoms with Crippen LogP contribution in [0.2, 0.25) is 0 Å². The van der Waals surface area contributed by atoms with Crippen LogP contribution in [-0.2, 0) is 28.9 Å². The van der Waals surface area contributed by atoms with Crippen molar-refractivity contribution in [2.45, 2.75) is 38.6 Å². The van der Waals surface area contributed by atoms with Gasteiger partial charge in [0.15, 0.2) is 0 Å². The van der Waals surface area contributed by atoms with Gasteiger partial charge >= 0.3 is 5.82 Å². The van der Waals surface area contributed by atoms with Crippen LogP contribution in [0.15, 0.2) is 12.3 Å². The fraction of sp³-hybridized carbons (Fsp3) is 0.500. The molecule has 29 heavy (non-hydrogen) atoms. The van der Waals surface area contributed by atoms with Gasteiger partial charge in [-0.1, -0.05) is 0 Å². The van der Waals surface area contributed by atoms with Crippen molar-refractivity contribution < 1.29 is 19.2 Å². The third kappa shape index (κ3) is 5.18. The molecule has 2 N–H and O–H groups in total. The molecule has 2 aromatic rings. The molecule has 11 heteroatoms. The second-order valence-electron chi connectivity index (χ2n) is 6.69. The summed E-state index contributed by atoms with van der Waals surface area (Å²) in [6.45, 7) is 0.870. The SMILES string of the molecule is COCCCNC(=O)c1c(NC(=O)Cn2ccc([N+](=O)[O-])n2)sc2c1CCCC2. The Morgan fingerprint density at radius 3 is 2.90 bits per heavy atom. The largest absolute Gasteiger partial charge is 0.389 e. The van der Waals surface area contributed by atoms with Gasteiger partial charge in [-0.2, -0.15) is 4.68 Å². The van der Waals surface area contributed by atoms with Crippen LogP contribution >= 0.6 is 11.3 Å². The van der Waals surface area contributed by atoms with Gasteiger partial charge < -0.3 is 25.5 Å². The molecule has 2 amide bonds. The summed E-state index contributed by atoms with van der Waals surface area (Å²) in [6, 6.07) is 1.23. The number of carbonyl (C=O) groups is 2. The fourth-order valence-electron chi connectivity index (χ4n) is 3.25. The number of anilines is 1. The number of hydrogen-bond donors (Lipinski definition) is 2. The Morgan fingerprint density at radius 2 is 2.17 bits per heavy atom. The maximum absolute atomic E-state index is 12.8. The van der Waals surface area contributed by atoms with E-state index in [-0.39, 0.29) is 18.3 Å². The standard InChI is InChI=1S/C18H23N5O5S/c1-28-10-4-8-19-17(25)16-12-5-2-3-6-13(12)29-18(16)20-15(24)11-22-9-7-14(21-22)23(26)27/h7,9H,2-6,8,10-11H2,1H3,(H,19,25)(H,20,24). The lowest BCUT2D eigenvalue weighted by Gasteiger charge is -2.13. The monoisotopic (exact) mass is 421 g/mol. The van der Waals surface area contributed by atoms with Crippen molar-refractivity contribution in [1.82, 2.24) is 15.1 Å². The van der Waals surface area contributed by atoms with Gasteiger partial charge in [-0.15, -0.1) is 11.3 Å². The Labute approximate surface area is 171 Å². The van der Waals surface area contributed by atoms with Crippen molar-refractivity contribution in [3.05, 3.63) is 38.4 Å². The number of nitro groups is 1. The highest BCUT2D eigenvalue weighted by Gasteiger charge is 2.26. The molecular formula is C18H23N5O5S. The van der Waals surface area contributed by atoms with Crippen molar-refractivity contribution in [2.24, 2.45) is 0 Å². The van der Waals surface area contributed by atoms with Gasteiger partial charge in [0.1, 0.15) is 11.5 Å². The van der Waals surface area contributed by atoms with Crippen LogP contribution in [0.1, 0.15) is 40.1 Å². The number of carbonyl (C=O) groups excluding carboxylic acids is 2. The van der Waals surface area contributed by atoms with Crippen molar-refractivity contribution in [2.75, 3.05) is 25.6 Å². The summed E-state index contributed by atoms with van der Waals surface area (Å²) in [5.74, 6) is -0.916. The zero-order chi connectivity index (χ0) is 20.8. The first kappa shape index (κ1) is 20.9. The Hall–Kier alpha value is -2.79. The van der Waals surface area contributed by atoms with E-state index < -0.39 is 10.8 Å². The van der Waals surface area contributed by atoms with E-state index in [1.54, 1.807) is 7.11 Å². The lowest BCUT2D eigenvalue weighted by atomic mass is 9.95. The number of methoxy groups -OCH3 is 1. The molecule has 0 atom stereocenters. The van der Waals surface area contributed by atoms with E-state index in [0.717, 1.165) is 36.1 Å². The molecular weight excluding hydrogens is 398 g/mol. The number of fused-ring (bicyclic) bond motifs is 1. The zero-order valence-electron chi connectivity index (χ0n) is 16.1. The van der Waals surface area contributed by atoms with Crippen LogP contribution in [0.4, 0.5) is 10.8 Å². The highest BCUT2D eigenvalue weighted by molar-refractivity contribution is 7.17. The summed E-state index contributed by atoms with van der Waals surface area (Å²) >= 11 is 1.43. The van der Waals surface area contributed by atoms with Crippen LogP contribution < -0.4 is 10.6 Å². The molecule has 0 spiro atoms. The predicted octanol–water partition coefficient (Wildman–Crippen LogP) is 2.14. The second kappa shape index (κ2) is 9.61. The molecule has 0 bridgehead atoms. The summed E-state index contributed by atoms with van der Waals surface area (Å²) in [5, 5.41) is 20.7. The fourth-order valence-corrected chi connectivity index (χ4v) is 4.55. The Kier molecular flexibility index (Phi) is 6.94. The number of hydrogen-bond acceptors (Lipinski definition) is 7. The van der Waals surface area contributed by atoms with Gasteiger partial charge in [0.05, 0.1) is 22.9 Å².